The Morgan fingerprint density at radius 1 is 1.12 bits per heavy atom. The van der Waals surface area contributed by atoms with Gasteiger partial charge in [-0.05, 0) is 18.6 Å². The first-order valence-electron chi connectivity index (χ1n) is 5.50. The Morgan fingerprint density at radius 2 is 1.75 bits per heavy atom. The molecule has 16 heavy (non-hydrogen) atoms. The van der Waals surface area contributed by atoms with Crippen molar-refractivity contribution in [3.63, 3.8) is 0 Å². The number of unbranched alkanes of at least 4 members (excludes halogenated alkanes) is 1. The van der Waals surface area contributed by atoms with Crippen molar-refractivity contribution in [1.82, 2.24) is 0 Å². The van der Waals surface area contributed by atoms with E-state index in [-0.39, 0.29) is 0 Å². The molecule has 0 saturated heterocycles. The molecule has 0 fully saturated rings. The second-order valence-electron chi connectivity index (χ2n) is 3.87. The average molecular weight is 232 g/mol. The lowest BCUT2D eigenvalue weighted by Gasteiger charge is -2.20. The van der Waals surface area contributed by atoms with Crippen LogP contribution in [0.1, 0.15) is 19.8 Å². The Balaban J connectivity index is 2.71. The van der Waals surface area contributed by atoms with E-state index in [9.17, 15) is 13.2 Å². The maximum absolute atomic E-state index is 12.4. The molecule has 1 aromatic rings. The Labute approximate surface area is 93.9 Å². The molecule has 1 unspecified atom stereocenters. The van der Waals surface area contributed by atoms with E-state index in [1.807, 2.05) is 13.0 Å². The zero-order valence-electron chi connectivity index (χ0n) is 9.35. The summed E-state index contributed by atoms with van der Waals surface area (Å²) >= 11 is 0. The number of halogens is 3. The van der Waals surface area contributed by atoms with Crippen molar-refractivity contribution >= 4 is 5.69 Å². The molecule has 1 nitrogen and oxygen atoms in total. The van der Waals surface area contributed by atoms with E-state index < -0.39 is 12.7 Å². The highest BCUT2D eigenvalue weighted by Crippen LogP contribution is 2.12. The molecule has 90 valence electrons. The third-order valence-electron chi connectivity index (χ3n) is 2.43. The fraction of sp³-hybridized carbons (Fsp3) is 0.500. The van der Waals surface area contributed by atoms with E-state index in [2.05, 4.69) is 0 Å². The molecule has 0 aliphatic heterocycles. The van der Waals surface area contributed by atoms with Crippen LogP contribution in [-0.2, 0) is 0 Å². The summed E-state index contributed by atoms with van der Waals surface area (Å²) in [5, 5.41) is 0. The lowest BCUT2D eigenvalue weighted by molar-refractivity contribution is -0.845. The largest absolute Gasteiger partial charge is 0.438 e. The van der Waals surface area contributed by atoms with Crippen molar-refractivity contribution in [2.24, 2.45) is 0 Å². The number of hydrogen-bond donors (Lipinski definition) is 1. The minimum atomic E-state index is -4.11. The first kappa shape index (κ1) is 13.0. The summed E-state index contributed by atoms with van der Waals surface area (Å²) in [6, 6.07) is 8.86. The zero-order chi connectivity index (χ0) is 12.0. The number of benzene rings is 1. The number of alkyl halides is 3. The fourth-order valence-corrected chi connectivity index (χ4v) is 1.64. The van der Waals surface area contributed by atoms with Gasteiger partial charge >= 0.3 is 6.18 Å². The lowest BCUT2D eigenvalue weighted by atomic mass is 10.2. The lowest BCUT2D eigenvalue weighted by Crippen LogP contribution is -3.08. The van der Waals surface area contributed by atoms with Crippen molar-refractivity contribution in [3.05, 3.63) is 30.3 Å². The standard InChI is InChI=1S/C12H16F3N/c1-2-3-9-16(10-12(13,14)15)11-7-5-4-6-8-11/h4-8H,2-3,9-10H2,1H3/p+1. The molecule has 1 atom stereocenters. The van der Waals surface area contributed by atoms with E-state index >= 15 is 0 Å². The van der Waals surface area contributed by atoms with Gasteiger partial charge in [0.25, 0.3) is 0 Å². The minimum Gasteiger partial charge on any atom is -0.295 e. The molecule has 0 spiro atoms. The van der Waals surface area contributed by atoms with Crippen LogP contribution < -0.4 is 4.90 Å². The molecule has 4 heteroatoms. The van der Waals surface area contributed by atoms with Gasteiger partial charge in [0.05, 0.1) is 6.54 Å². The summed E-state index contributed by atoms with van der Waals surface area (Å²) in [5.41, 5.74) is 0.716. The van der Waals surface area contributed by atoms with Gasteiger partial charge in [-0.15, -0.1) is 0 Å². The van der Waals surface area contributed by atoms with Crippen LogP contribution in [0.3, 0.4) is 0 Å². The van der Waals surface area contributed by atoms with Crippen molar-refractivity contribution in [2.45, 2.75) is 25.9 Å². The van der Waals surface area contributed by atoms with E-state index in [1.54, 1.807) is 24.3 Å². The molecule has 0 aliphatic rings. The smallest absolute Gasteiger partial charge is 0.295 e. The first-order chi connectivity index (χ1) is 7.53. The molecule has 0 heterocycles. The van der Waals surface area contributed by atoms with Crippen LogP contribution in [0, 0.1) is 0 Å². The third kappa shape index (κ3) is 4.66. The molecular weight excluding hydrogens is 215 g/mol. The number of para-hydroxylation sites is 1. The van der Waals surface area contributed by atoms with E-state index in [4.69, 9.17) is 0 Å². The van der Waals surface area contributed by atoms with Crippen molar-refractivity contribution < 1.29 is 18.1 Å². The van der Waals surface area contributed by atoms with Crippen LogP contribution in [0.4, 0.5) is 18.9 Å². The molecule has 1 rings (SSSR count). The second-order valence-corrected chi connectivity index (χ2v) is 3.87. The molecule has 0 aromatic heterocycles. The highest BCUT2D eigenvalue weighted by atomic mass is 19.4. The molecule has 0 radical (unpaired) electrons. The van der Waals surface area contributed by atoms with Gasteiger partial charge in [0.15, 0.2) is 6.54 Å². The zero-order valence-corrected chi connectivity index (χ0v) is 9.35. The summed E-state index contributed by atoms with van der Waals surface area (Å²) in [5.74, 6) is 0. The maximum atomic E-state index is 12.4. The highest BCUT2D eigenvalue weighted by molar-refractivity contribution is 5.27. The first-order valence-corrected chi connectivity index (χ1v) is 5.50. The van der Waals surface area contributed by atoms with E-state index in [0.29, 0.717) is 17.1 Å². The van der Waals surface area contributed by atoms with Crippen molar-refractivity contribution in [1.29, 1.82) is 0 Å². The van der Waals surface area contributed by atoms with Gasteiger partial charge < -0.3 is 0 Å². The Bertz CT molecular complexity index is 295. The van der Waals surface area contributed by atoms with Crippen molar-refractivity contribution in [3.8, 4) is 0 Å². The molecule has 1 aromatic carbocycles. The summed E-state index contributed by atoms with van der Waals surface area (Å²) in [7, 11) is 0. The topological polar surface area (TPSA) is 4.44 Å². The molecular formula is C12H17F3N+. The molecule has 0 bridgehead atoms. The van der Waals surface area contributed by atoms with Crippen molar-refractivity contribution in [2.75, 3.05) is 13.1 Å². The van der Waals surface area contributed by atoms with Gasteiger partial charge in [0.1, 0.15) is 5.69 Å². The van der Waals surface area contributed by atoms with Crippen LogP contribution >= 0.6 is 0 Å². The fourth-order valence-electron chi connectivity index (χ4n) is 1.64. The van der Waals surface area contributed by atoms with Gasteiger partial charge in [-0.25, -0.2) is 0 Å². The number of rotatable bonds is 5. The Morgan fingerprint density at radius 3 is 2.25 bits per heavy atom. The predicted molar refractivity (Wildman–Crippen MR) is 57.8 cm³/mol. The minimum absolute atomic E-state index is 0.495. The second kappa shape index (κ2) is 5.89. The summed E-state index contributed by atoms with van der Waals surface area (Å²) < 4.78 is 37.2. The van der Waals surface area contributed by atoms with E-state index in [1.165, 1.54) is 0 Å². The number of quaternary nitrogens is 1. The summed E-state index contributed by atoms with van der Waals surface area (Å²) in [6.07, 6.45) is -2.40. The van der Waals surface area contributed by atoms with Crippen LogP contribution in [0.15, 0.2) is 30.3 Å². The van der Waals surface area contributed by atoms with Gasteiger partial charge in [-0.3, -0.25) is 4.90 Å². The monoisotopic (exact) mass is 232 g/mol. The normalized spacial score (nSPS) is 13.8. The average Bonchev–Trinajstić information content (AvgIpc) is 2.24. The predicted octanol–water partition coefficient (Wildman–Crippen LogP) is 2.57. The Hall–Kier alpha value is -1.03. The maximum Gasteiger partial charge on any atom is 0.438 e. The van der Waals surface area contributed by atoms with Gasteiger partial charge in [-0.2, -0.15) is 13.2 Å². The number of nitrogens with one attached hydrogen (secondary N) is 1. The molecule has 0 amide bonds. The quantitative estimate of drug-likeness (QED) is 0.795. The van der Waals surface area contributed by atoms with Crippen LogP contribution in [0.5, 0.6) is 0 Å². The molecule has 0 saturated carbocycles. The van der Waals surface area contributed by atoms with Gasteiger partial charge in [0, 0.05) is 0 Å². The van der Waals surface area contributed by atoms with Gasteiger partial charge in [0.2, 0.25) is 0 Å². The Kier molecular flexibility index (Phi) is 4.80. The van der Waals surface area contributed by atoms with Crippen LogP contribution in [0.25, 0.3) is 0 Å². The third-order valence-corrected chi connectivity index (χ3v) is 2.43. The summed E-state index contributed by atoms with van der Waals surface area (Å²) in [4.78, 5) is 0.495. The highest BCUT2D eigenvalue weighted by Gasteiger charge is 2.34. The number of hydrogen-bond acceptors (Lipinski definition) is 0. The molecule has 1 N–H and O–H groups in total. The van der Waals surface area contributed by atoms with Gasteiger partial charge in [-0.1, -0.05) is 31.5 Å². The molecule has 0 aliphatic carbocycles. The SMILES string of the molecule is CCCC[NH+](CC(F)(F)F)c1ccccc1. The van der Waals surface area contributed by atoms with Crippen LogP contribution in [0.2, 0.25) is 0 Å². The van der Waals surface area contributed by atoms with E-state index in [0.717, 1.165) is 12.8 Å². The summed E-state index contributed by atoms with van der Waals surface area (Å²) in [6.45, 7) is 1.72. The van der Waals surface area contributed by atoms with Crippen LogP contribution in [-0.4, -0.2) is 19.3 Å².